The van der Waals surface area contributed by atoms with Gasteiger partial charge < -0.3 is 9.84 Å². The number of alkyl halides is 3. The third-order valence-electron chi connectivity index (χ3n) is 3.42. The number of ether oxygens (including phenoxy) is 1. The van der Waals surface area contributed by atoms with E-state index < -0.39 is 6.36 Å². The molecule has 3 rings (SSSR count). The van der Waals surface area contributed by atoms with E-state index in [1.54, 1.807) is 36.4 Å². The van der Waals surface area contributed by atoms with Crippen molar-refractivity contribution in [3.63, 3.8) is 0 Å². The molecule has 2 aromatic carbocycles. The third kappa shape index (κ3) is 4.16. The molecule has 0 bridgehead atoms. The molecule has 25 heavy (non-hydrogen) atoms. The van der Waals surface area contributed by atoms with Crippen molar-refractivity contribution in [3.8, 4) is 28.3 Å². The van der Waals surface area contributed by atoms with Crippen molar-refractivity contribution in [2.24, 2.45) is 0 Å². The SMILES string of the molecule is OCCc1nc(-c2cccc(-c3ccccc3OC(F)(F)F)c2)n[nH]1. The average molecular weight is 349 g/mol. The van der Waals surface area contributed by atoms with Crippen molar-refractivity contribution in [1.29, 1.82) is 0 Å². The summed E-state index contributed by atoms with van der Waals surface area (Å²) in [6.07, 6.45) is -4.42. The van der Waals surface area contributed by atoms with Gasteiger partial charge in [-0.25, -0.2) is 4.98 Å². The maximum absolute atomic E-state index is 12.6. The fraction of sp³-hybridized carbons (Fsp3) is 0.176. The summed E-state index contributed by atoms with van der Waals surface area (Å²) in [5, 5.41) is 15.7. The van der Waals surface area contributed by atoms with Crippen LogP contribution in [-0.4, -0.2) is 33.3 Å². The Morgan fingerprint density at radius 2 is 1.80 bits per heavy atom. The molecule has 0 amide bonds. The number of hydrogen-bond acceptors (Lipinski definition) is 4. The van der Waals surface area contributed by atoms with Gasteiger partial charge in [-0.1, -0.05) is 36.4 Å². The Morgan fingerprint density at radius 3 is 2.56 bits per heavy atom. The summed E-state index contributed by atoms with van der Waals surface area (Å²) in [6, 6.07) is 12.8. The van der Waals surface area contributed by atoms with Crippen molar-refractivity contribution >= 4 is 0 Å². The molecule has 2 N–H and O–H groups in total. The zero-order chi connectivity index (χ0) is 17.9. The number of aromatic amines is 1. The van der Waals surface area contributed by atoms with E-state index in [2.05, 4.69) is 19.9 Å². The van der Waals surface area contributed by atoms with Gasteiger partial charge in [0.05, 0.1) is 6.61 Å². The highest BCUT2D eigenvalue weighted by Gasteiger charge is 2.32. The molecular formula is C17H14F3N3O2. The van der Waals surface area contributed by atoms with Crippen molar-refractivity contribution in [2.45, 2.75) is 12.8 Å². The molecule has 8 heteroatoms. The van der Waals surface area contributed by atoms with Crippen LogP contribution in [0.15, 0.2) is 48.5 Å². The smallest absolute Gasteiger partial charge is 0.405 e. The number of halogens is 3. The van der Waals surface area contributed by atoms with Crippen LogP contribution >= 0.6 is 0 Å². The summed E-state index contributed by atoms with van der Waals surface area (Å²) >= 11 is 0. The van der Waals surface area contributed by atoms with Crippen LogP contribution in [0.5, 0.6) is 5.75 Å². The molecule has 0 spiro atoms. The number of aromatic nitrogens is 3. The summed E-state index contributed by atoms with van der Waals surface area (Å²) in [4.78, 5) is 4.25. The van der Waals surface area contributed by atoms with Crippen LogP contribution in [0.4, 0.5) is 13.2 Å². The number of H-pyrrole nitrogens is 1. The van der Waals surface area contributed by atoms with Crippen LogP contribution in [0.3, 0.4) is 0 Å². The van der Waals surface area contributed by atoms with Crippen LogP contribution in [-0.2, 0) is 6.42 Å². The van der Waals surface area contributed by atoms with E-state index in [0.29, 0.717) is 34.8 Å². The number of aliphatic hydroxyl groups is 1. The van der Waals surface area contributed by atoms with Gasteiger partial charge >= 0.3 is 6.36 Å². The van der Waals surface area contributed by atoms with Crippen molar-refractivity contribution in [3.05, 3.63) is 54.4 Å². The van der Waals surface area contributed by atoms with Crippen molar-refractivity contribution < 1.29 is 23.0 Å². The topological polar surface area (TPSA) is 71.0 Å². The maximum atomic E-state index is 12.6. The number of hydrogen-bond donors (Lipinski definition) is 2. The van der Waals surface area contributed by atoms with Crippen LogP contribution in [0.2, 0.25) is 0 Å². The minimum atomic E-state index is -4.77. The second kappa shape index (κ2) is 6.94. The molecule has 5 nitrogen and oxygen atoms in total. The summed E-state index contributed by atoms with van der Waals surface area (Å²) in [6.45, 7) is -0.0587. The highest BCUT2D eigenvalue weighted by molar-refractivity contribution is 5.74. The van der Waals surface area contributed by atoms with Gasteiger partial charge in [0.1, 0.15) is 11.6 Å². The Labute approximate surface area is 141 Å². The quantitative estimate of drug-likeness (QED) is 0.739. The molecule has 0 saturated carbocycles. The van der Waals surface area contributed by atoms with Gasteiger partial charge in [0.15, 0.2) is 5.82 Å². The van der Waals surface area contributed by atoms with E-state index in [9.17, 15) is 13.2 Å². The average Bonchev–Trinajstić information content (AvgIpc) is 3.03. The largest absolute Gasteiger partial charge is 0.573 e. The lowest BCUT2D eigenvalue weighted by Gasteiger charge is -2.13. The number of rotatable bonds is 5. The number of aliphatic hydroxyl groups excluding tert-OH is 1. The molecule has 1 aromatic heterocycles. The summed E-state index contributed by atoms with van der Waals surface area (Å²) in [5.74, 6) is 0.659. The minimum Gasteiger partial charge on any atom is -0.405 e. The van der Waals surface area contributed by atoms with Crippen molar-refractivity contribution in [2.75, 3.05) is 6.61 Å². The van der Waals surface area contributed by atoms with Gasteiger partial charge in [-0.05, 0) is 17.7 Å². The molecule has 0 atom stereocenters. The number of nitrogens with one attached hydrogen (secondary N) is 1. The van der Waals surface area contributed by atoms with E-state index in [-0.39, 0.29) is 12.4 Å². The van der Waals surface area contributed by atoms with Gasteiger partial charge in [0.2, 0.25) is 0 Å². The predicted octanol–water partition coefficient (Wildman–Crippen LogP) is 3.57. The van der Waals surface area contributed by atoms with Gasteiger partial charge in [-0.15, -0.1) is 13.2 Å². The van der Waals surface area contributed by atoms with Crippen LogP contribution in [0.25, 0.3) is 22.5 Å². The lowest BCUT2D eigenvalue weighted by molar-refractivity contribution is -0.274. The van der Waals surface area contributed by atoms with Gasteiger partial charge in [0.25, 0.3) is 0 Å². The Balaban J connectivity index is 1.97. The molecule has 0 fully saturated rings. The standard InChI is InChI=1S/C17H14F3N3O2/c18-17(19,20)25-14-7-2-1-6-13(14)11-4-3-5-12(10-11)16-21-15(8-9-24)22-23-16/h1-7,10,24H,8-9H2,(H,21,22,23). The van der Waals surface area contributed by atoms with Gasteiger partial charge in [0, 0.05) is 17.5 Å². The molecule has 0 radical (unpaired) electrons. The van der Waals surface area contributed by atoms with Crippen LogP contribution in [0, 0.1) is 0 Å². The summed E-state index contributed by atoms with van der Waals surface area (Å²) in [7, 11) is 0. The fourth-order valence-electron chi connectivity index (χ4n) is 2.39. The zero-order valence-corrected chi connectivity index (χ0v) is 12.9. The van der Waals surface area contributed by atoms with Gasteiger partial charge in [-0.2, -0.15) is 5.10 Å². The Hall–Kier alpha value is -2.87. The van der Waals surface area contributed by atoms with Crippen molar-refractivity contribution in [1.82, 2.24) is 15.2 Å². The number of nitrogens with zero attached hydrogens (tertiary/aromatic N) is 2. The lowest BCUT2D eigenvalue weighted by Crippen LogP contribution is -2.17. The molecule has 0 aliphatic carbocycles. The highest BCUT2D eigenvalue weighted by Crippen LogP contribution is 2.34. The molecule has 0 aliphatic heterocycles. The van der Waals surface area contributed by atoms with E-state index >= 15 is 0 Å². The first kappa shape index (κ1) is 17.0. The molecule has 3 aromatic rings. The van der Waals surface area contributed by atoms with E-state index in [1.807, 2.05) is 0 Å². The van der Waals surface area contributed by atoms with Gasteiger partial charge in [-0.3, -0.25) is 5.10 Å². The second-order valence-electron chi connectivity index (χ2n) is 5.20. The summed E-state index contributed by atoms with van der Waals surface area (Å²) in [5.41, 5.74) is 1.50. The fourth-order valence-corrected chi connectivity index (χ4v) is 2.39. The minimum absolute atomic E-state index is 0.0587. The van der Waals surface area contributed by atoms with E-state index in [4.69, 9.17) is 5.11 Å². The molecule has 1 heterocycles. The molecule has 0 unspecified atom stereocenters. The first-order valence-electron chi connectivity index (χ1n) is 7.44. The molecular weight excluding hydrogens is 335 g/mol. The Bertz CT molecular complexity index is 862. The van der Waals surface area contributed by atoms with E-state index in [0.717, 1.165) is 0 Å². The Kier molecular flexibility index (Phi) is 4.71. The van der Waals surface area contributed by atoms with E-state index in [1.165, 1.54) is 12.1 Å². The summed E-state index contributed by atoms with van der Waals surface area (Å²) < 4.78 is 41.9. The molecule has 0 saturated heterocycles. The molecule has 0 aliphatic rings. The second-order valence-corrected chi connectivity index (χ2v) is 5.20. The number of benzene rings is 2. The lowest BCUT2D eigenvalue weighted by atomic mass is 10.0. The molecule has 130 valence electrons. The zero-order valence-electron chi connectivity index (χ0n) is 12.9. The third-order valence-corrected chi connectivity index (χ3v) is 3.42. The number of para-hydroxylation sites is 1. The van der Waals surface area contributed by atoms with Crippen LogP contribution < -0.4 is 4.74 Å². The first-order chi connectivity index (χ1) is 12.0. The maximum Gasteiger partial charge on any atom is 0.573 e. The monoisotopic (exact) mass is 349 g/mol. The van der Waals surface area contributed by atoms with Crippen LogP contribution in [0.1, 0.15) is 5.82 Å². The first-order valence-corrected chi connectivity index (χ1v) is 7.44. The normalized spacial score (nSPS) is 11.5. The Morgan fingerprint density at radius 1 is 1.04 bits per heavy atom. The highest BCUT2D eigenvalue weighted by atomic mass is 19.4. The predicted molar refractivity (Wildman–Crippen MR) is 84.7 cm³/mol.